The molecule has 0 saturated heterocycles. The number of benzene rings is 4. The molecule has 55 heavy (non-hydrogen) atoms. The van der Waals surface area contributed by atoms with Crippen molar-refractivity contribution in [3.63, 3.8) is 0 Å². The Morgan fingerprint density at radius 1 is 0.564 bits per heavy atom. The zero-order valence-corrected chi connectivity index (χ0v) is 32.7. The van der Waals surface area contributed by atoms with Gasteiger partial charge in [0.15, 0.2) is 0 Å². The molecule has 304 valence electrons. The Labute approximate surface area is 330 Å². The number of unbranched alkanes of at least 4 members (excludes halogenated alkanes) is 2. The van der Waals surface area contributed by atoms with Crippen LogP contribution in [0, 0.1) is 0 Å². The molecular formula is C42H59ClN2O10. The van der Waals surface area contributed by atoms with Crippen molar-refractivity contribution in [2.24, 2.45) is 0 Å². The lowest BCUT2D eigenvalue weighted by atomic mass is 9.80. The molecule has 4 rings (SSSR count). The molecule has 0 fully saturated rings. The quantitative estimate of drug-likeness (QED) is 0.0347. The second-order valence-electron chi connectivity index (χ2n) is 11.5. The van der Waals surface area contributed by atoms with Crippen molar-refractivity contribution in [2.75, 3.05) is 80.0 Å². The van der Waals surface area contributed by atoms with Crippen LogP contribution >= 0.6 is 11.6 Å². The fourth-order valence-electron chi connectivity index (χ4n) is 4.95. The summed E-state index contributed by atoms with van der Waals surface area (Å²) in [5.74, 6) is 1.58. The van der Waals surface area contributed by atoms with Crippen molar-refractivity contribution in [3.05, 3.63) is 131 Å². The number of methoxy groups -OCH3 is 2. The van der Waals surface area contributed by atoms with Gasteiger partial charge in [-0.25, -0.2) is 4.79 Å². The Morgan fingerprint density at radius 3 is 1.38 bits per heavy atom. The number of ether oxygens (including phenoxy) is 4. The maximum atomic E-state index is 10.2. The maximum absolute atomic E-state index is 10.2. The predicted octanol–water partition coefficient (Wildman–Crippen LogP) is 4.86. The minimum Gasteiger partial charge on any atom is -0.497 e. The van der Waals surface area contributed by atoms with E-state index < -0.39 is 11.0 Å². The first-order valence-electron chi connectivity index (χ1n) is 18.2. The Kier molecular flexibility index (Phi) is 28.6. The fraction of sp³-hybridized carbons (Fsp3) is 0.405. The van der Waals surface area contributed by atoms with E-state index in [4.69, 9.17) is 51.3 Å². The third kappa shape index (κ3) is 20.4. The Bertz CT molecular complexity index is 1400. The van der Waals surface area contributed by atoms with Gasteiger partial charge < -0.3 is 55.1 Å². The molecule has 4 aromatic carbocycles. The van der Waals surface area contributed by atoms with Crippen LogP contribution in [0.2, 0.25) is 0 Å². The summed E-state index contributed by atoms with van der Waals surface area (Å²) in [6.07, 6.45) is 2.58. The van der Waals surface area contributed by atoms with Gasteiger partial charge in [0.1, 0.15) is 23.7 Å². The van der Waals surface area contributed by atoms with Crippen molar-refractivity contribution >= 4 is 17.0 Å². The smallest absolute Gasteiger partial charge is 0.404 e. The summed E-state index contributed by atoms with van der Waals surface area (Å²) in [5, 5.41) is 47.7. The van der Waals surface area contributed by atoms with Gasteiger partial charge in [0.25, 0.3) is 0 Å². The molecule has 0 spiro atoms. The average molecular weight is 787 g/mol. The molecule has 0 radical (unpaired) electrons. The van der Waals surface area contributed by atoms with Crippen LogP contribution in [0.25, 0.3) is 0 Å². The first-order valence-corrected chi connectivity index (χ1v) is 18.5. The predicted molar refractivity (Wildman–Crippen MR) is 216 cm³/mol. The molecule has 0 unspecified atom stereocenters. The molecular weight excluding hydrogens is 728 g/mol. The van der Waals surface area contributed by atoms with Crippen LogP contribution in [0.1, 0.15) is 41.5 Å². The molecule has 0 bridgehead atoms. The fourth-order valence-corrected chi connectivity index (χ4v) is 5.01. The lowest BCUT2D eigenvalue weighted by molar-refractivity contribution is 0.0146. The average Bonchev–Trinajstić information content (AvgIpc) is 3.23. The van der Waals surface area contributed by atoms with E-state index in [0.29, 0.717) is 32.8 Å². The Hall–Kier alpha value is -4.08. The van der Waals surface area contributed by atoms with E-state index in [0.717, 1.165) is 53.0 Å². The molecule has 4 aromatic rings. The van der Waals surface area contributed by atoms with Crippen molar-refractivity contribution < 1.29 is 49.3 Å². The molecule has 7 N–H and O–H groups in total. The molecule has 0 aliphatic carbocycles. The highest BCUT2D eigenvalue weighted by Crippen LogP contribution is 2.41. The number of hydrogen-bond acceptors (Lipinski definition) is 12. The van der Waals surface area contributed by atoms with Crippen LogP contribution < -0.4 is 20.1 Å². The summed E-state index contributed by atoms with van der Waals surface area (Å²) >= 11 is 4.97. The molecule has 0 atom stereocenters. The second-order valence-corrected chi connectivity index (χ2v) is 11.9. The molecule has 0 aliphatic rings. The van der Waals surface area contributed by atoms with Crippen LogP contribution in [0.5, 0.6) is 11.5 Å². The molecule has 0 saturated carbocycles. The molecule has 0 aromatic heterocycles. The Morgan fingerprint density at radius 2 is 0.982 bits per heavy atom. The van der Waals surface area contributed by atoms with E-state index in [1.54, 1.807) is 14.2 Å². The monoisotopic (exact) mass is 786 g/mol. The number of aliphatic hydroxyl groups excluding tert-OH is 5. The minimum atomic E-state index is -0.805. The van der Waals surface area contributed by atoms with Crippen LogP contribution in [0.15, 0.2) is 109 Å². The zero-order chi connectivity index (χ0) is 40.4. The number of carbonyl (C=O) groups excluding carboxylic acids is 1. The maximum Gasteiger partial charge on any atom is 0.404 e. The number of nitrogens with one attached hydrogen (secondary N) is 2. The topological polar surface area (TPSA) is 179 Å². The summed E-state index contributed by atoms with van der Waals surface area (Å²) in [4.78, 5) is 10.2. The van der Waals surface area contributed by atoms with Crippen molar-refractivity contribution in [3.8, 4) is 11.5 Å². The van der Waals surface area contributed by atoms with Crippen molar-refractivity contribution in [2.45, 2.75) is 31.5 Å². The molecule has 0 aliphatic heterocycles. The van der Waals surface area contributed by atoms with Crippen LogP contribution in [-0.2, 0) is 21.7 Å². The highest BCUT2D eigenvalue weighted by Gasteiger charge is 2.37. The number of hydrogen-bond donors (Lipinski definition) is 7. The number of rotatable bonds is 21. The Balaban J connectivity index is 0.000000489. The van der Waals surface area contributed by atoms with E-state index in [1.807, 2.05) is 97.1 Å². The molecule has 12 nitrogen and oxygen atoms in total. The summed E-state index contributed by atoms with van der Waals surface area (Å²) in [7, 11) is 3.32. The first kappa shape index (κ1) is 48.9. The van der Waals surface area contributed by atoms with Crippen molar-refractivity contribution in [1.82, 2.24) is 10.6 Å². The van der Waals surface area contributed by atoms with Crippen LogP contribution in [0.3, 0.4) is 0 Å². The summed E-state index contributed by atoms with van der Waals surface area (Å²) in [6, 6.07) is 35.5. The summed E-state index contributed by atoms with van der Waals surface area (Å²) < 4.78 is 21.9. The normalized spacial score (nSPS) is 10.4. The lowest BCUT2D eigenvalue weighted by Crippen LogP contribution is -2.35. The molecule has 0 heterocycles. The first-order chi connectivity index (χ1) is 26.9. The third-order valence-corrected chi connectivity index (χ3v) is 7.76. The minimum absolute atomic E-state index is 0.0980. The van der Waals surface area contributed by atoms with Crippen LogP contribution in [0.4, 0.5) is 4.79 Å². The van der Waals surface area contributed by atoms with Gasteiger partial charge in [0, 0.05) is 51.0 Å². The van der Waals surface area contributed by atoms with Gasteiger partial charge in [0.05, 0.1) is 40.6 Å². The number of carbonyl (C=O) groups is 1. The van der Waals surface area contributed by atoms with E-state index >= 15 is 0 Å². The van der Waals surface area contributed by atoms with E-state index in [-0.39, 0.29) is 39.6 Å². The van der Waals surface area contributed by atoms with Gasteiger partial charge in [0.2, 0.25) is 0 Å². The molecule has 0 amide bonds. The summed E-state index contributed by atoms with van der Waals surface area (Å²) in [6.45, 7) is 3.88. The van der Waals surface area contributed by atoms with Crippen molar-refractivity contribution in [1.29, 1.82) is 0 Å². The standard InChI is InChI=1S/C25H29NO4.C8H7ClO2.C5H12O2.C4H11NO2/c1-28-23-12-8-21(9-13-23)25(20-6-4-3-5-7-20,30-19-17-26-16-18-27)22-10-14-24(29-2)15-11-22;9-8(10)11-6-7-4-2-1-3-5-7;6-4-2-1-3-5-7;6-3-1-5-2-4-7/h3-15,26-27H,16-19H2,1-2H3;1-5H,6H2;6-7H,1-5H2;5-7H,1-4H2. The van der Waals surface area contributed by atoms with Gasteiger partial charge in [-0.1, -0.05) is 84.9 Å². The SMILES string of the molecule is COc1ccc(C(OCCNCCO)(c2ccccc2)c2ccc(OC)cc2)cc1.O=C(Cl)OCc1ccccc1.OCCCCCO.OCCNCCO. The third-order valence-electron chi connectivity index (χ3n) is 7.65. The number of aliphatic hydroxyl groups is 5. The van der Waals surface area contributed by atoms with Gasteiger partial charge in [-0.05, 0) is 65.8 Å². The van der Waals surface area contributed by atoms with E-state index in [9.17, 15) is 4.79 Å². The highest BCUT2D eigenvalue weighted by molar-refractivity contribution is 6.61. The van der Waals surface area contributed by atoms with E-state index in [2.05, 4.69) is 27.5 Å². The van der Waals surface area contributed by atoms with Gasteiger partial charge in [-0.2, -0.15) is 0 Å². The number of halogens is 1. The lowest BCUT2D eigenvalue weighted by Gasteiger charge is -2.36. The largest absolute Gasteiger partial charge is 0.497 e. The highest BCUT2D eigenvalue weighted by atomic mass is 35.5. The summed E-state index contributed by atoms with van der Waals surface area (Å²) in [5.41, 5.74) is 2.39. The van der Waals surface area contributed by atoms with E-state index in [1.165, 1.54) is 0 Å². The second kappa shape index (κ2) is 32.2. The van der Waals surface area contributed by atoms with Crippen LogP contribution in [-0.4, -0.2) is 111 Å². The van der Waals surface area contributed by atoms with Gasteiger partial charge in [-0.15, -0.1) is 0 Å². The zero-order valence-electron chi connectivity index (χ0n) is 31.9. The molecule has 13 heteroatoms. The van der Waals surface area contributed by atoms with Gasteiger partial charge >= 0.3 is 5.43 Å². The van der Waals surface area contributed by atoms with Gasteiger partial charge in [-0.3, -0.25) is 0 Å².